The van der Waals surface area contributed by atoms with Gasteiger partial charge in [0.25, 0.3) is 5.91 Å². The highest BCUT2D eigenvalue weighted by Crippen LogP contribution is 2.24. The van der Waals surface area contributed by atoms with Crippen LogP contribution in [0.15, 0.2) is 59.5 Å². The Morgan fingerprint density at radius 3 is 2.26 bits per heavy atom. The van der Waals surface area contributed by atoms with E-state index in [0.29, 0.717) is 10.5 Å². The van der Waals surface area contributed by atoms with E-state index in [9.17, 15) is 9.59 Å². The number of amides is 1. The molecule has 0 aliphatic heterocycles. The Hall–Kier alpha value is -2.07. The van der Waals surface area contributed by atoms with E-state index in [1.165, 1.54) is 6.92 Å². The van der Waals surface area contributed by atoms with E-state index in [-0.39, 0.29) is 11.0 Å². The third-order valence-corrected chi connectivity index (χ3v) is 3.28. The standard InChI is InChI=1S/C15H13NO2S/c1-11(17)19-14-10-6-5-9-13(14)15(18)16-12-7-3-2-4-8-12/h2-10H,1H3,(H,16,18). The number of nitrogens with one attached hydrogen (secondary N) is 1. The number of para-hydroxylation sites is 1. The molecule has 19 heavy (non-hydrogen) atoms. The van der Waals surface area contributed by atoms with Crippen molar-refractivity contribution in [1.82, 2.24) is 0 Å². The molecule has 0 saturated heterocycles. The molecule has 0 aliphatic carbocycles. The SMILES string of the molecule is CC(=O)Sc1ccccc1C(=O)Nc1ccccc1. The maximum absolute atomic E-state index is 12.2. The van der Waals surface area contributed by atoms with E-state index in [4.69, 9.17) is 0 Å². The topological polar surface area (TPSA) is 46.2 Å². The van der Waals surface area contributed by atoms with Gasteiger partial charge in [0.15, 0.2) is 5.12 Å². The molecule has 0 spiro atoms. The highest BCUT2D eigenvalue weighted by molar-refractivity contribution is 8.13. The van der Waals surface area contributed by atoms with Gasteiger partial charge in [-0.05, 0) is 24.3 Å². The van der Waals surface area contributed by atoms with E-state index in [1.807, 2.05) is 36.4 Å². The van der Waals surface area contributed by atoms with Gasteiger partial charge in [-0.3, -0.25) is 9.59 Å². The second-order valence-corrected chi connectivity index (χ2v) is 5.13. The molecule has 0 heterocycles. The summed E-state index contributed by atoms with van der Waals surface area (Å²) in [7, 11) is 0. The van der Waals surface area contributed by atoms with Crippen LogP contribution >= 0.6 is 11.8 Å². The van der Waals surface area contributed by atoms with Crippen molar-refractivity contribution in [1.29, 1.82) is 0 Å². The Balaban J connectivity index is 2.21. The monoisotopic (exact) mass is 271 g/mol. The van der Waals surface area contributed by atoms with Crippen LogP contribution in [-0.4, -0.2) is 11.0 Å². The summed E-state index contributed by atoms with van der Waals surface area (Å²) in [4.78, 5) is 24.0. The van der Waals surface area contributed by atoms with Gasteiger partial charge in [0, 0.05) is 17.5 Å². The van der Waals surface area contributed by atoms with E-state index in [2.05, 4.69) is 5.32 Å². The summed E-state index contributed by atoms with van der Waals surface area (Å²) in [6, 6.07) is 16.3. The molecular weight excluding hydrogens is 258 g/mol. The molecule has 0 aromatic heterocycles. The van der Waals surface area contributed by atoms with Crippen LogP contribution in [0.1, 0.15) is 17.3 Å². The molecule has 96 valence electrons. The molecule has 2 aromatic rings. The summed E-state index contributed by atoms with van der Waals surface area (Å²) >= 11 is 1.06. The van der Waals surface area contributed by atoms with Crippen molar-refractivity contribution in [2.24, 2.45) is 0 Å². The normalized spacial score (nSPS) is 9.95. The van der Waals surface area contributed by atoms with Crippen LogP contribution in [0.2, 0.25) is 0 Å². The first kappa shape index (κ1) is 13.4. The minimum absolute atomic E-state index is 0.0417. The maximum atomic E-state index is 12.2. The van der Waals surface area contributed by atoms with Crippen LogP contribution in [0, 0.1) is 0 Å². The van der Waals surface area contributed by atoms with Crippen molar-refractivity contribution in [2.75, 3.05) is 5.32 Å². The molecule has 0 bridgehead atoms. The van der Waals surface area contributed by atoms with Gasteiger partial charge in [-0.15, -0.1) is 0 Å². The van der Waals surface area contributed by atoms with Gasteiger partial charge in [0.05, 0.1) is 5.56 Å². The van der Waals surface area contributed by atoms with Crippen molar-refractivity contribution in [3.05, 3.63) is 60.2 Å². The van der Waals surface area contributed by atoms with Gasteiger partial charge >= 0.3 is 0 Å². The molecule has 1 N–H and O–H groups in total. The number of carbonyl (C=O) groups excluding carboxylic acids is 2. The van der Waals surface area contributed by atoms with Crippen LogP contribution in [0.25, 0.3) is 0 Å². The summed E-state index contributed by atoms with van der Waals surface area (Å²) in [6.45, 7) is 1.48. The molecule has 1 amide bonds. The fraction of sp³-hybridized carbons (Fsp3) is 0.0667. The predicted molar refractivity (Wildman–Crippen MR) is 77.4 cm³/mol. The van der Waals surface area contributed by atoms with Crippen molar-refractivity contribution in [3.8, 4) is 0 Å². The number of carbonyl (C=O) groups is 2. The first-order chi connectivity index (χ1) is 9.16. The molecule has 0 atom stereocenters. The number of rotatable bonds is 3. The molecule has 2 aromatic carbocycles. The number of anilines is 1. The van der Waals surface area contributed by atoms with Gasteiger partial charge in [-0.1, -0.05) is 42.1 Å². The number of thioether (sulfide) groups is 1. The minimum Gasteiger partial charge on any atom is -0.322 e. The van der Waals surface area contributed by atoms with Crippen molar-refractivity contribution >= 4 is 28.5 Å². The zero-order valence-electron chi connectivity index (χ0n) is 10.4. The fourth-order valence-electron chi connectivity index (χ4n) is 1.62. The second-order valence-electron chi connectivity index (χ2n) is 3.91. The highest BCUT2D eigenvalue weighted by Gasteiger charge is 2.12. The zero-order chi connectivity index (χ0) is 13.7. The lowest BCUT2D eigenvalue weighted by Gasteiger charge is -2.08. The summed E-state index contributed by atoms with van der Waals surface area (Å²) in [6.07, 6.45) is 0. The average molecular weight is 271 g/mol. The predicted octanol–water partition coefficient (Wildman–Crippen LogP) is 3.58. The molecule has 4 heteroatoms. The Morgan fingerprint density at radius 1 is 0.947 bits per heavy atom. The minimum atomic E-state index is -0.212. The maximum Gasteiger partial charge on any atom is 0.256 e. The quantitative estimate of drug-likeness (QED) is 0.868. The van der Waals surface area contributed by atoms with Crippen molar-refractivity contribution in [3.63, 3.8) is 0 Å². The van der Waals surface area contributed by atoms with Crippen molar-refractivity contribution in [2.45, 2.75) is 11.8 Å². The lowest BCUT2D eigenvalue weighted by atomic mass is 10.2. The zero-order valence-corrected chi connectivity index (χ0v) is 11.2. The van der Waals surface area contributed by atoms with Crippen LogP contribution < -0.4 is 5.32 Å². The first-order valence-corrected chi connectivity index (χ1v) is 6.62. The Bertz CT molecular complexity index is 596. The van der Waals surface area contributed by atoms with Crippen LogP contribution in [0.4, 0.5) is 5.69 Å². The first-order valence-electron chi connectivity index (χ1n) is 5.80. The molecular formula is C15H13NO2S. The Kier molecular flexibility index (Phi) is 4.36. The molecule has 2 rings (SSSR count). The lowest BCUT2D eigenvalue weighted by molar-refractivity contribution is -0.109. The van der Waals surface area contributed by atoms with Gasteiger partial charge < -0.3 is 5.32 Å². The molecule has 0 unspecified atom stereocenters. The van der Waals surface area contributed by atoms with Crippen molar-refractivity contribution < 1.29 is 9.59 Å². The van der Waals surface area contributed by atoms with E-state index < -0.39 is 0 Å². The smallest absolute Gasteiger partial charge is 0.256 e. The third-order valence-electron chi connectivity index (χ3n) is 2.42. The number of benzene rings is 2. The third kappa shape index (κ3) is 3.69. The molecule has 3 nitrogen and oxygen atoms in total. The van der Waals surface area contributed by atoms with Gasteiger partial charge in [-0.2, -0.15) is 0 Å². The van der Waals surface area contributed by atoms with Gasteiger partial charge in [0.1, 0.15) is 0 Å². The highest BCUT2D eigenvalue weighted by atomic mass is 32.2. The molecule has 0 aliphatic rings. The van der Waals surface area contributed by atoms with E-state index in [1.54, 1.807) is 18.2 Å². The van der Waals surface area contributed by atoms with E-state index >= 15 is 0 Å². The Morgan fingerprint density at radius 2 is 1.58 bits per heavy atom. The molecule has 0 saturated carbocycles. The number of hydrogen-bond donors (Lipinski definition) is 1. The second kappa shape index (κ2) is 6.20. The summed E-state index contributed by atoms with van der Waals surface area (Å²) < 4.78 is 0. The summed E-state index contributed by atoms with van der Waals surface area (Å²) in [5.74, 6) is -0.212. The summed E-state index contributed by atoms with van der Waals surface area (Å²) in [5, 5.41) is 2.77. The Labute approximate surface area is 116 Å². The van der Waals surface area contributed by atoms with Crippen LogP contribution in [0.5, 0.6) is 0 Å². The molecule has 0 fully saturated rings. The lowest BCUT2D eigenvalue weighted by Crippen LogP contribution is -2.13. The average Bonchev–Trinajstić information content (AvgIpc) is 2.39. The van der Waals surface area contributed by atoms with Crippen LogP contribution in [-0.2, 0) is 4.79 Å². The fourth-order valence-corrected chi connectivity index (χ4v) is 2.34. The van der Waals surface area contributed by atoms with E-state index in [0.717, 1.165) is 17.4 Å². The largest absolute Gasteiger partial charge is 0.322 e. The van der Waals surface area contributed by atoms with Crippen LogP contribution in [0.3, 0.4) is 0 Å². The number of hydrogen-bond acceptors (Lipinski definition) is 3. The summed E-state index contributed by atoms with van der Waals surface area (Å²) in [5.41, 5.74) is 1.24. The van der Waals surface area contributed by atoms with Gasteiger partial charge in [-0.25, -0.2) is 0 Å². The molecule has 0 radical (unpaired) electrons. The van der Waals surface area contributed by atoms with Gasteiger partial charge in [0.2, 0.25) is 0 Å².